The van der Waals surface area contributed by atoms with Crippen LogP contribution in [-0.4, -0.2) is 87.2 Å². The number of carbonyl (C=O) groups is 1. The van der Waals surface area contributed by atoms with Crippen molar-refractivity contribution < 1.29 is 18.3 Å². The number of benzene rings is 1. The first kappa shape index (κ1) is 19.1. The molecule has 0 saturated heterocycles. The van der Waals surface area contributed by atoms with Crippen LogP contribution >= 0.6 is 0 Å². The van der Waals surface area contributed by atoms with Crippen molar-refractivity contribution in [2.45, 2.75) is 4.90 Å². The van der Waals surface area contributed by atoms with E-state index < -0.39 is 21.7 Å². The monoisotopic (exact) mass is 371 g/mol. The Hall–Kier alpha value is -1.23. The van der Waals surface area contributed by atoms with Crippen LogP contribution < -0.4 is 5.32 Å². The van der Waals surface area contributed by atoms with E-state index in [0.29, 0.717) is 0 Å². The van der Waals surface area contributed by atoms with Crippen molar-refractivity contribution in [1.82, 2.24) is 9.29 Å². The number of anilines is 1. The minimum atomic E-state index is -3.91. The van der Waals surface area contributed by atoms with Crippen LogP contribution in [0.1, 0.15) is 5.56 Å². The van der Waals surface area contributed by atoms with E-state index in [1.54, 1.807) is 30.3 Å². The van der Waals surface area contributed by atoms with Gasteiger partial charge in [-0.2, -0.15) is 0 Å². The molecular formula is C15H14KN3O4S. The summed E-state index contributed by atoms with van der Waals surface area (Å²) in [6.45, 7) is 0. The Morgan fingerprint density at radius 1 is 1.17 bits per heavy atom. The first-order chi connectivity index (χ1) is 10.9. The maximum absolute atomic E-state index is 12.5. The van der Waals surface area contributed by atoms with E-state index in [9.17, 15) is 18.3 Å². The molecule has 2 aromatic rings. The van der Waals surface area contributed by atoms with Crippen LogP contribution in [0.5, 0.6) is 0 Å². The van der Waals surface area contributed by atoms with Crippen LogP contribution in [0.15, 0.2) is 59.3 Å². The molecule has 2 heterocycles. The molecule has 0 saturated carbocycles. The van der Waals surface area contributed by atoms with E-state index in [0.717, 1.165) is 4.31 Å². The molecule has 3 rings (SSSR count). The molecule has 1 aliphatic rings. The van der Waals surface area contributed by atoms with Crippen LogP contribution in [-0.2, 0) is 14.8 Å². The molecule has 1 aliphatic heterocycles. The second-order valence-electron chi connectivity index (χ2n) is 4.84. The average Bonchev–Trinajstić information content (AvgIpc) is 2.54. The summed E-state index contributed by atoms with van der Waals surface area (Å²) in [6, 6.07) is 10.9. The number of rotatable bonds is 2. The van der Waals surface area contributed by atoms with Gasteiger partial charge in [0.25, 0.3) is 15.9 Å². The van der Waals surface area contributed by atoms with Gasteiger partial charge in [-0.1, -0.05) is 18.2 Å². The first-order valence-corrected chi connectivity index (χ1v) is 8.11. The van der Waals surface area contributed by atoms with Crippen molar-refractivity contribution in [2.75, 3.05) is 12.4 Å². The molecule has 0 fully saturated rings. The van der Waals surface area contributed by atoms with Gasteiger partial charge in [0.2, 0.25) is 0 Å². The van der Waals surface area contributed by atoms with Crippen LogP contribution in [0.2, 0.25) is 0 Å². The van der Waals surface area contributed by atoms with Crippen molar-refractivity contribution in [3.8, 4) is 0 Å². The number of hydrogen-bond acceptors (Lipinski definition) is 5. The fourth-order valence-corrected chi connectivity index (χ4v) is 3.69. The molecule has 0 unspecified atom stereocenters. The second kappa shape index (κ2) is 7.34. The van der Waals surface area contributed by atoms with Crippen LogP contribution in [0.25, 0.3) is 5.76 Å². The van der Waals surface area contributed by atoms with E-state index in [1.165, 1.54) is 25.4 Å². The molecule has 0 spiro atoms. The van der Waals surface area contributed by atoms with Crippen LogP contribution in [0.3, 0.4) is 0 Å². The van der Waals surface area contributed by atoms with Gasteiger partial charge in [-0.15, -0.1) is 0 Å². The first-order valence-electron chi connectivity index (χ1n) is 6.67. The van der Waals surface area contributed by atoms with Crippen molar-refractivity contribution >= 4 is 78.9 Å². The number of aliphatic hydroxyl groups is 1. The Morgan fingerprint density at radius 3 is 2.50 bits per heavy atom. The number of nitrogens with zero attached hydrogens (tertiary/aromatic N) is 2. The van der Waals surface area contributed by atoms with Gasteiger partial charge in [-0.25, -0.2) is 13.4 Å². The third kappa shape index (κ3) is 3.28. The summed E-state index contributed by atoms with van der Waals surface area (Å²) in [4.78, 5) is 16.3. The number of aliphatic hydroxyl groups excluding tert-OH is 1. The molecule has 2 N–H and O–H groups in total. The number of sulfonamides is 1. The fourth-order valence-electron chi connectivity index (χ4n) is 2.29. The van der Waals surface area contributed by atoms with E-state index in [1.807, 2.05) is 0 Å². The molecule has 1 aromatic carbocycles. The minimum absolute atomic E-state index is 0. The molecule has 0 atom stereocenters. The van der Waals surface area contributed by atoms with Crippen LogP contribution in [0, 0.1) is 0 Å². The molecule has 1 aromatic heterocycles. The molecule has 0 radical (unpaired) electrons. The predicted octanol–water partition coefficient (Wildman–Crippen LogP) is 0.932. The SMILES string of the molecule is CN1C(C(=O)Nc2ccccn2)=C(O)c2ccccc2S1(=O)=O.[KH]. The third-order valence-electron chi connectivity index (χ3n) is 3.44. The molecule has 0 bridgehead atoms. The Kier molecular flexibility index (Phi) is 5.84. The Labute approximate surface area is 181 Å². The zero-order valence-electron chi connectivity index (χ0n) is 12.1. The number of hydrogen-bond donors (Lipinski definition) is 2. The number of carbonyl (C=O) groups excluding carboxylic acids is 1. The number of likely N-dealkylation sites (N-methyl/N-ethyl adjacent to an activating group) is 1. The number of fused-ring (bicyclic) bond motifs is 1. The molecule has 1 amide bonds. The molecule has 120 valence electrons. The van der Waals surface area contributed by atoms with Crippen molar-refractivity contribution in [3.63, 3.8) is 0 Å². The van der Waals surface area contributed by atoms with Gasteiger partial charge < -0.3 is 10.4 Å². The normalized spacial score (nSPS) is 15.3. The Balaban J connectivity index is 0.00000208. The van der Waals surface area contributed by atoms with Crippen LogP contribution in [0.4, 0.5) is 5.82 Å². The summed E-state index contributed by atoms with van der Waals surface area (Å²) >= 11 is 0. The zero-order chi connectivity index (χ0) is 16.6. The summed E-state index contributed by atoms with van der Waals surface area (Å²) in [7, 11) is -2.69. The maximum atomic E-state index is 12.5. The number of nitrogens with one attached hydrogen (secondary N) is 1. The third-order valence-corrected chi connectivity index (χ3v) is 5.26. The molecule has 0 aliphatic carbocycles. The summed E-state index contributed by atoms with van der Waals surface area (Å²) in [5.74, 6) is -0.907. The quantitative estimate of drug-likeness (QED) is 0.765. The average molecular weight is 371 g/mol. The fraction of sp³-hybridized carbons (Fsp3) is 0.0667. The summed E-state index contributed by atoms with van der Waals surface area (Å²) in [6.07, 6.45) is 1.49. The molecule has 24 heavy (non-hydrogen) atoms. The predicted molar refractivity (Wildman–Crippen MR) is 91.0 cm³/mol. The topological polar surface area (TPSA) is 99.6 Å². The van der Waals surface area contributed by atoms with E-state index in [-0.39, 0.29) is 73.4 Å². The van der Waals surface area contributed by atoms with Gasteiger partial charge in [0.15, 0.2) is 11.5 Å². The Bertz CT molecular complexity index is 913. The van der Waals surface area contributed by atoms with Gasteiger partial charge in [-0.3, -0.25) is 9.10 Å². The molecular weight excluding hydrogens is 357 g/mol. The Morgan fingerprint density at radius 2 is 1.83 bits per heavy atom. The molecule has 7 nitrogen and oxygen atoms in total. The van der Waals surface area contributed by atoms with Crippen molar-refractivity contribution in [1.29, 1.82) is 0 Å². The number of pyridine rings is 1. The summed E-state index contributed by atoms with van der Waals surface area (Å²) in [5.41, 5.74) is -0.258. The second-order valence-corrected chi connectivity index (χ2v) is 6.77. The number of amides is 1. The number of aromatic nitrogens is 1. The van der Waals surface area contributed by atoms with Crippen molar-refractivity contribution in [2.24, 2.45) is 0 Å². The van der Waals surface area contributed by atoms with E-state index in [4.69, 9.17) is 0 Å². The van der Waals surface area contributed by atoms with Gasteiger partial charge in [0, 0.05) is 18.8 Å². The summed E-state index contributed by atoms with van der Waals surface area (Å²) in [5, 5.41) is 12.8. The van der Waals surface area contributed by atoms with Gasteiger partial charge >= 0.3 is 51.4 Å². The van der Waals surface area contributed by atoms with E-state index >= 15 is 0 Å². The zero-order valence-corrected chi connectivity index (χ0v) is 12.9. The van der Waals surface area contributed by atoms with E-state index in [2.05, 4.69) is 10.3 Å². The van der Waals surface area contributed by atoms with Gasteiger partial charge in [0.05, 0.1) is 4.90 Å². The molecule has 9 heteroatoms. The van der Waals surface area contributed by atoms with Gasteiger partial charge in [0.1, 0.15) is 5.82 Å². The summed E-state index contributed by atoms with van der Waals surface area (Å²) < 4.78 is 25.8. The van der Waals surface area contributed by atoms with Crippen molar-refractivity contribution in [3.05, 3.63) is 59.9 Å². The standard InChI is InChI=1S/C15H13N3O4S.K.H/c1-18-13(15(20)17-12-8-4-5-9-16-12)14(19)10-6-2-3-7-11(10)23(18,21)22;;/h2-9,19H,1H3,(H,16,17,20);;. The van der Waals surface area contributed by atoms with Gasteiger partial charge in [-0.05, 0) is 24.3 Å².